The molecule has 1 heterocycles. The zero-order valence-corrected chi connectivity index (χ0v) is 15.6. The molecular formula is C18H9BrCl2N2O2. The molecule has 0 unspecified atom stereocenters. The van der Waals surface area contributed by atoms with Crippen LogP contribution in [0.15, 0.2) is 56.9 Å². The van der Waals surface area contributed by atoms with E-state index in [0.717, 1.165) is 4.47 Å². The first-order valence-corrected chi connectivity index (χ1v) is 8.59. The second-order valence-electron chi connectivity index (χ2n) is 5.05. The lowest BCUT2D eigenvalue weighted by Gasteiger charge is -2.03. The van der Waals surface area contributed by atoms with Gasteiger partial charge in [-0.3, -0.25) is 4.79 Å². The van der Waals surface area contributed by atoms with Gasteiger partial charge in [-0.15, -0.1) is 0 Å². The Bertz CT molecular complexity index is 1030. The fourth-order valence-corrected chi connectivity index (χ4v) is 2.89. The van der Waals surface area contributed by atoms with Gasteiger partial charge in [0.05, 0.1) is 5.02 Å². The SMILES string of the molecule is N#C/C(=C\c1oc2ccc(Br)cc2c1Cl)C(=O)Nc1ccc(Cl)cc1. The summed E-state index contributed by atoms with van der Waals surface area (Å²) in [6.07, 6.45) is 1.32. The topological polar surface area (TPSA) is 66.0 Å². The number of nitrogens with zero attached hydrogens (tertiary/aromatic N) is 1. The van der Waals surface area contributed by atoms with E-state index in [-0.39, 0.29) is 11.3 Å². The molecule has 0 aliphatic carbocycles. The summed E-state index contributed by atoms with van der Waals surface area (Å²) < 4.78 is 6.47. The van der Waals surface area contributed by atoms with Crippen LogP contribution in [0.25, 0.3) is 17.0 Å². The van der Waals surface area contributed by atoms with Gasteiger partial charge in [0.2, 0.25) is 0 Å². The maximum atomic E-state index is 12.3. The lowest BCUT2D eigenvalue weighted by molar-refractivity contribution is -0.112. The molecule has 0 aliphatic rings. The summed E-state index contributed by atoms with van der Waals surface area (Å²) >= 11 is 15.5. The fourth-order valence-electron chi connectivity index (χ4n) is 2.16. The van der Waals surface area contributed by atoms with Gasteiger partial charge in [0.25, 0.3) is 5.91 Å². The molecule has 0 spiro atoms. The average Bonchev–Trinajstić information content (AvgIpc) is 2.90. The van der Waals surface area contributed by atoms with Crippen LogP contribution in [0.4, 0.5) is 5.69 Å². The minimum atomic E-state index is -0.567. The second-order valence-corrected chi connectivity index (χ2v) is 6.78. The van der Waals surface area contributed by atoms with Crippen molar-refractivity contribution in [3.05, 3.63) is 68.3 Å². The van der Waals surface area contributed by atoms with E-state index in [1.807, 2.05) is 12.1 Å². The summed E-state index contributed by atoms with van der Waals surface area (Å²) in [7, 11) is 0. The molecule has 25 heavy (non-hydrogen) atoms. The number of hydrogen-bond donors (Lipinski definition) is 1. The first-order valence-electron chi connectivity index (χ1n) is 7.04. The van der Waals surface area contributed by atoms with Gasteiger partial charge in [0, 0.05) is 26.6 Å². The molecule has 7 heteroatoms. The number of benzene rings is 2. The van der Waals surface area contributed by atoms with Crippen molar-refractivity contribution < 1.29 is 9.21 Å². The summed E-state index contributed by atoms with van der Waals surface area (Å²) in [5.41, 5.74) is 0.958. The number of hydrogen-bond acceptors (Lipinski definition) is 3. The number of amides is 1. The van der Waals surface area contributed by atoms with Gasteiger partial charge in [-0.1, -0.05) is 39.1 Å². The highest BCUT2D eigenvalue weighted by atomic mass is 79.9. The number of carbonyl (C=O) groups is 1. The first kappa shape index (κ1) is 17.6. The van der Waals surface area contributed by atoms with Crippen LogP contribution in [0.2, 0.25) is 10.0 Å². The van der Waals surface area contributed by atoms with Crippen LogP contribution in [0.1, 0.15) is 5.76 Å². The number of fused-ring (bicyclic) bond motifs is 1. The van der Waals surface area contributed by atoms with Crippen molar-refractivity contribution >= 4 is 67.8 Å². The van der Waals surface area contributed by atoms with Crippen LogP contribution in [-0.2, 0) is 4.79 Å². The van der Waals surface area contributed by atoms with Gasteiger partial charge < -0.3 is 9.73 Å². The van der Waals surface area contributed by atoms with Gasteiger partial charge >= 0.3 is 0 Å². The van der Waals surface area contributed by atoms with Crippen LogP contribution in [-0.4, -0.2) is 5.91 Å². The third-order valence-corrected chi connectivity index (χ3v) is 4.49. The van der Waals surface area contributed by atoms with Crippen LogP contribution in [0, 0.1) is 11.3 Å². The van der Waals surface area contributed by atoms with Crippen LogP contribution in [0.3, 0.4) is 0 Å². The highest BCUT2D eigenvalue weighted by molar-refractivity contribution is 9.10. The molecule has 3 aromatic rings. The first-order chi connectivity index (χ1) is 12.0. The molecule has 124 valence electrons. The highest BCUT2D eigenvalue weighted by Gasteiger charge is 2.15. The molecule has 0 fully saturated rings. The standard InChI is InChI=1S/C18H9BrCl2N2O2/c19-11-1-6-15-14(8-11)17(21)16(25-15)7-10(9-22)18(24)23-13-4-2-12(20)3-5-13/h1-8H,(H,23,24)/b10-7+. The Kier molecular flexibility index (Phi) is 5.14. The maximum Gasteiger partial charge on any atom is 0.266 e. The Morgan fingerprint density at radius 2 is 1.92 bits per heavy atom. The number of furan rings is 1. The maximum absolute atomic E-state index is 12.3. The third kappa shape index (κ3) is 3.88. The predicted molar refractivity (Wildman–Crippen MR) is 103 cm³/mol. The van der Waals surface area contributed by atoms with Gasteiger partial charge in [-0.2, -0.15) is 5.26 Å². The number of rotatable bonds is 3. The van der Waals surface area contributed by atoms with Crippen molar-refractivity contribution in [2.45, 2.75) is 0 Å². The van der Waals surface area contributed by atoms with Gasteiger partial charge in [0.15, 0.2) is 0 Å². The van der Waals surface area contributed by atoms with E-state index in [2.05, 4.69) is 21.2 Å². The zero-order valence-electron chi connectivity index (χ0n) is 12.5. The fraction of sp³-hybridized carbons (Fsp3) is 0. The van der Waals surface area contributed by atoms with Crippen molar-refractivity contribution in [3.63, 3.8) is 0 Å². The van der Waals surface area contributed by atoms with Crippen molar-refractivity contribution in [3.8, 4) is 6.07 Å². The average molecular weight is 436 g/mol. The van der Waals surface area contributed by atoms with Gasteiger partial charge in [-0.25, -0.2) is 0 Å². The zero-order chi connectivity index (χ0) is 18.0. The summed E-state index contributed by atoms with van der Waals surface area (Å²) in [5, 5.41) is 13.5. The summed E-state index contributed by atoms with van der Waals surface area (Å²) in [6, 6.07) is 13.8. The molecule has 0 atom stereocenters. The van der Waals surface area contributed by atoms with E-state index in [1.54, 1.807) is 36.4 Å². The summed E-state index contributed by atoms with van der Waals surface area (Å²) in [4.78, 5) is 12.3. The van der Waals surface area contributed by atoms with E-state index in [4.69, 9.17) is 27.6 Å². The number of halogens is 3. The molecule has 1 aromatic heterocycles. The molecule has 2 aromatic carbocycles. The van der Waals surface area contributed by atoms with Crippen molar-refractivity contribution in [1.29, 1.82) is 5.26 Å². The summed E-state index contributed by atoms with van der Waals surface area (Å²) in [5.74, 6) is -0.319. The number of nitriles is 1. The lowest BCUT2D eigenvalue weighted by Crippen LogP contribution is -2.13. The Balaban J connectivity index is 1.92. The molecule has 1 N–H and O–H groups in total. The van der Waals surface area contributed by atoms with Gasteiger partial charge in [-0.05, 0) is 42.5 Å². The van der Waals surface area contributed by atoms with E-state index >= 15 is 0 Å². The lowest BCUT2D eigenvalue weighted by atomic mass is 10.2. The molecule has 0 bridgehead atoms. The van der Waals surface area contributed by atoms with Gasteiger partial charge in [0.1, 0.15) is 23.0 Å². The van der Waals surface area contributed by atoms with Crippen LogP contribution in [0.5, 0.6) is 0 Å². The number of carbonyl (C=O) groups excluding carboxylic acids is 1. The Hall–Kier alpha value is -2.26. The number of nitrogens with one attached hydrogen (secondary N) is 1. The predicted octanol–water partition coefficient (Wildman–Crippen LogP) is 6.05. The molecule has 4 nitrogen and oxygen atoms in total. The molecule has 1 amide bonds. The smallest absolute Gasteiger partial charge is 0.266 e. The molecular weight excluding hydrogens is 427 g/mol. The molecule has 0 aliphatic heterocycles. The Morgan fingerprint density at radius 1 is 1.20 bits per heavy atom. The van der Waals surface area contributed by atoms with Crippen LogP contribution >= 0.6 is 39.1 Å². The monoisotopic (exact) mass is 434 g/mol. The molecule has 0 saturated heterocycles. The summed E-state index contributed by atoms with van der Waals surface area (Å²) in [6.45, 7) is 0. The van der Waals surface area contributed by atoms with Crippen molar-refractivity contribution in [2.24, 2.45) is 0 Å². The van der Waals surface area contributed by atoms with Crippen molar-refractivity contribution in [2.75, 3.05) is 5.32 Å². The third-order valence-electron chi connectivity index (χ3n) is 3.36. The van der Waals surface area contributed by atoms with Crippen LogP contribution < -0.4 is 5.32 Å². The van der Waals surface area contributed by atoms with E-state index < -0.39 is 5.91 Å². The minimum absolute atomic E-state index is 0.130. The highest BCUT2D eigenvalue weighted by Crippen LogP contribution is 2.33. The second kappa shape index (κ2) is 7.32. The van der Waals surface area contributed by atoms with E-state index in [0.29, 0.717) is 26.7 Å². The van der Waals surface area contributed by atoms with E-state index in [9.17, 15) is 10.1 Å². The van der Waals surface area contributed by atoms with Crippen molar-refractivity contribution in [1.82, 2.24) is 0 Å². The minimum Gasteiger partial charge on any atom is -0.455 e. The Labute approximate surface area is 161 Å². The normalized spacial score (nSPS) is 11.4. The molecule has 3 rings (SSSR count). The number of anilines is 1. The Morgan fingerprint density at radius 3 is 2.60 bits per heavy atom. The quantitative estimate of drug-likeness (QED) is 0.402. The molecule has 0 radical (unpaired) electrons. The van der Waals surface area contributed by atoms with E-state index in [1.165, 1.54) is 6.08 Å². The molecule has 0 saturated carbocycles. The largest absolute Gasteiger partial charge is 0.455 e.